The maximum atomic E-state index is 13.0. The summed E-state index contributed by atoms with van der Waals surface area (Å²) >= 11 is 1.29. The minimum atomic E-state index is -3.59. The molecule has 0 unspecified atom stereocenters. The van der Waals surface area contributed by atoms with E-state index < -0.39 is 15.4 Å². The summed E-state index contributed by atoms with van der Waals surface area (Å²) in [5, 5.41) is 4.89. The summed E-state index contributed by atoms with van der Waals surface area (Å²) in [4.78, 5) is 31.0. The quantitative estimate of drug-likeness (QED) is 0.778. The highest BCUT2D eigenvalue weighted by atomic mass is 32.2. The van der Waals surface area contributed by atoms with E-state index in [4.69, 9.17) is 0 Å². The van der Waals surface area contributed by atoms with Gasteiger partial charge in [-0.2, -0.15) is 4.31 Å². The van der Waals surface area contributed by atoms with Gasteiger partial charge in [0.2, 0.25) is 21.8 Å². The standard InChI is InChI=1S/C19H22N4O4S2/c1-19(2)14-11-13(29(26,27)22-8-3-4-9-22)5-6-15(14)23(17(19)25)12-16(24)21-18-20-7-10-28-18/h5-7,10-11H,3-4,8-9,12H2,1-2H3,(H,20,21,24). The maximum Gasteiger partial charge on any atom is 0.246 e. The monoisotopic (exact) mass is 434 g/mol. The van der Waals surface area contributed by atoms with Crippen LogP contribution in [0.2, 0.25) is 0 Å². The fraction of sp³-hybridized carbons (Fsp3) is 0.421. The molecule has 0 bridgehead atoms. The number of thiazole rings is 1. The van der Waals surface area contributed by atoms with Crippen molar-refractivity contribution in [2.24, 2.45) is 0 Å². The summed E-state index contributed by atoms with van der Waals surface area (Å²) in [6, 6.07) is 4.73. The molecule has 2 amide bonds. The van der Waals surface area contributed by atoms with Gasteiger partial charge in [0.1, 0.15) is 6.54 Å². The second-order valence-corrected chi connectivity index (χ2v) is 10.5. The van der Waals surface area contributed by atoms with Gasteiger partial charge in [0.15, 0.2) is 5.13 Å². The van der Waals surface area contributed by atoms with Crippen LogP contribution in [0.25, 0.3) is 0 Å². The summed E-state index contributed by atoms with van der Waals surface area (Å²) in [5.41, 5.74) is 0.257. The first-order chi connectivity index (χ1) is 13.7. The number of fused-ring (bicyclic) bond motifs is 1. The summed E-state index contributed by atoms with van der Waals surface area (Å²) in [6.07, 6.45) is 3.30. The molecule has 1 aromatic heterocycles. The van der Waals surface area contributed by atoms with Crippen LogP contribution in [0.15, 0.2) is 34.7 Å². The molecule has 1 saturated heterocycles. The van der Waals surface area contributed by atoms with Crippen LogP contribution in [0.1, 0.15) is 32.3 Å². The van der Waals surface area contributed by atoms with E-state index in [9.17, 15) is 18.0 Å². The lowest BCUT2D eigenvalue weighted by atomic mass is 9.86. The minimum absolute atomic E-state index is 0.160. The number of benzene rings is 1. The highest BCUT2D eigenvalue weighted by molar-refractivity contribution is 7.89. The van der Waals surface area contributed by atoms with Gasteiger partial charge in [-0.15, -0.1) is 11.3 Å². The van der Waals surface area contributed by atoms with Gasteiger partial charge in [0.05, 0.1) is 10.3 Å². The van der Waals surface area contributed by atoms with E-state index in [2.05, 4.69) is 10.3 Å². The molecule has 4 rings (SSSR count). The number of hydrogen-bond donors (Lipinski definition) is 1. The van der Waals surface area contributed by atoms with Crippen LogP contribution in [-0.4, -0.2) is 49.2 Å². The van der Waals surface area contributed by atoms with Gasteiger partial charge in [-0.25, -0.2) is 13.4 Å². The van der Waals surface area contributed by atoms with Crippen molar-refractivity contribution >= 4 is 44.0 Å². The molecule has 2 aliphatic rings. The fourth-order valence-corrected chi connectivity index (χ4v) is 5.88. The second-order valence-electron chi connectivity index (χ2n) is 7.69. The van der Waals surface area contributed by atoms with Crippen LogP contribution < -0.4 is 10.2 Å². The van der Waals surface area contributed by atoms with E-state index in [1.165, 1.54) is 26.6 Å². The normalized spacial score (nSPS) is 18.8. The average Bonchev–Trinajstić information content (AvgIpc) is 3.41. The molecule has 0 spiro atoms. The molecule has 3 heterocycles. The van der Waals surface area contributed by atoms with E-state index in [0.29, 0.717) is 29.5 Å². The Morgan fingerprint density at radius 1 is 1.28 bits per heavy atom. The molecule has 154 valence electrons. The van der Waals surface area contributed by atoms with Crippen molar-refractivity contribution in [3.63, 3.8) is 0 Å². The zero-order valence-corrected chi connectivity index (χ0v) is 17.8. The van der Waals surface area contributed by atoms with Crippen molar-refractivity contribution in [1.29, 1.82) is 0 Å². The lowest BCUT2D eigenvalue weighted by Gasteiger charge is -2.19. The minimum Gasteiger partial charge on any atom is -0.302 e. The van der Waals surface area contributed by atoms with Crippen LogP contribution in [0, 0.1) is 0 Å². The van der Waals surface area contributed by atoms with Gasteiger partial charge in [-0.3, -0.25) is 9.59 Å². The topological polar surface area (TPSA) is 99.7 Å². The Morgan fingerprint density at radius 2 is 2.00 bits per heavy atom. The predicted molar refractivity (Wildman–Crippen MR) is 111 cm³/mol. The molecule has 10 heteroatoms. The third-order valence-electron chi connectivity index (χ3n) is 5.40. The molecule has 1 aromatic carbocycles. The summed E-state index contributed by atoms with van der Waals surface area (Å²) < 4.78 is 27.3. The van der Waals surface area contributed by atoms with Crippen molar-refractivity contribution in [2.45, 2.75) is 37.0 Å². The smallest absolute Gasteiger partial charge is 0.246 e. The number of nitrogens with zero attached hydrogens (tertiary/aromatic N) is 3. The van der Waals surface area contributed by atoms with Crippen LogP contribution in [0.5, 0.6) is 0 Å². The van der Waals surface area contributed by atoms with Gasteiger partial charge >= 0.3 is 0 Å². The molecular weight excluding hydrogens is 412 g/mol. The Bertz CT molecular complexity index is 1060. The number of amides is 2. The molecule has 0 atom stereocenters. The number of sulfonamides is 1. The summed E-state index contributed by atoms with van der Waals surface area (Å²) in [7, 11) is -3.59. The Morgan fingerprint density at radius 3 is 2.66 bits per heavy atom. The molecule has 2 aromatic rings. The number of aromatic nitrogens is 1. The van der Waals surface area contributed by atoms with Gasteiger partial charge in [0, 0.05) is 30.4 Å². The number of nitrogens with one attached hydrogen (secondary N) is 1. The lowest BCUT2D eigenvalue weighted by Crippen LogP contribution is -2.40. The first-order valence-electron chi connectivity index (χ1n) is 9.37. The Kier molecular flexibility index (Phi) is 4.96. The molecule has 1 N–H and O–H groups in total. The van der Waals surface area contributed by atoms with E-state index >= 15 is 0 Å². The van der Waals surface area contributed by atoms with Crippen LogP contribution in [-0.2, 0) is 25.0 Å². The van der Waals surface area contributed by atoms with Crippen molar-refractivity contribution in [3.05, 3.63) is 35.3 Å². The van der Waals surface area contributed by atoms with E-state index in [-0.39, 0.29) is 23.3 Å². The molecular formula is C19H22N4O4S2. The molecule has 8 nitrogen and oxygen atoms in total. The zero-order valence-electron chi connectivity index (χ0n) is 16.2. The van der Waals surface area contributed by atoms with E-state index in [1.807, 2.05) is 0 Å². The third-order valence-corrected chi connectivity index (χ3v) is 7.98. The van der Waals surface area contributed by atoms with Crippen molar-refractivity contribution in [1.82, 2.24) is 9.29 Å². The maximum absolute atomic E-state index is 13.0. The van der Waals surface area contributed by atoms with E-state index in [0.717, 1.165) is 12.8 Å². The highest BCUT2D eigenvalue weighted by Gasteiger charge is 2.45. The number of carbonyl (C=O) groups is 2. The SMILES string of the molecule is CC1(C)C(=O)N(CC(=O)Nc2nccs2)c2ccc(S(=O)(=O)N3CCCC3)cc21. The molecule has 29 heavy (non-hydrogen) atoms. The third kappa shape index (κ3) is 3.45. The molecule has 1 fully saturated rings. The first kappa shape index (κ1) is 20.0. The average molecular weight is 435 g/mol. The summed E-state index contributed by atoms with van der Waals surface area (Å²) in [6.45, 7) is 4.38. The molecule has 0 aliphatic carbocycles. The molecule has 0 saturated carbocycles. The molecule has 2 aliphatic heterocycles. The van der Waals surface area contributed by atoms with Gasteiger partial charge in [-0.05, 0) is 50.5 Å². The van der Waals surface area contributed by atoms with Crippen LogP contribution >= 0.6 is 11.3 Å². The largest absolute Gasteiger partial charge is 0.302 e. The predicted octanol–water partition coefficient (Wildman–Crippen LogP) is 2.19. The zero-order chi connectivity index (χ0) is 20.8. The first-order valence-corrected chi connectivity index (χ1v) is 11.7. The number of hydrogen-bond acceptors (Lipinski definition) is 6. The Hall–Kier alpha value is -2.30. The van der Waals surface area contributed by atoms with Gasteiger partial charge in [0.25, 0.3) is 0 Å². The highest BCUT2D eigenvalue weighted by Crippen LogP contribution is 2.42. The Balaban J connectivity index is 1.64. The fourth-order valence-electron chi connectivity index (χ4n) is 3.80. The molecule has 0 radical (unpaired) electrons. The number of rotatable bonds is 5. The van der Waals surface area contributed by atoms with Gasteiger partial charge in [-0.1, -0.05) is 0 Å². The van der Waals surface area contributed by atoms with Crippen molar-refractivity contribution in [2.75, 3.05) is 29.9 Å². The number of carbonyl (C=O) groups excluding carboxylic acids is 2. The Labute approximate surface area is 173 Å². The summed E-state index contributed by atoms with van der Waals surface area (Å²) in [5.74, 6) is -0.594. The van der Waals surface area contributed by atoms with Crippen molar-refractivity contribution in [3.8, 4) is 0 Å². The van der Waals surface area contributed by atoms with Crippen LogP contribution in [0.3, 0.4) is 0 Å². The second kappa shape index (κ2) is 7.19. The number of anilines is 2. The van der Waals surface area contributed by atoms with Crippen LogP contribution in [0.4, 0.5) is 10.8 Å². The van der Waals surface area contributed by atoms with Crippen molar-refractivity contribution < 1.29 is 18.0 Å². The lowest BCUT2D eigenvalue weighted by molar-refractivity contribution is -0.124. The van der Waals surface area contributed by atoms with Gasteiger partial charge < -0.3 is 10.2 Å². The van der Waals surface area contributed by atoms with E-state index in [1.54, 1.807) is 37.6 Å².